The van der Waals surface area contributed by atoms with E-state index in [-0.39, 0.29) is 35.5 Å². The topological polar surface area (TPSA) is 71.1 Å². The number of nitrogens with one attached hydrogen (secondary N) is 2. The number of amides is 2. The van der Waals surface area contributed by atoms with E-state index in [9.17, 15) is 9.59 Å². The maximum absolute atomic E-state index is 13.3. The number of fused-ring (bicyclic) bond motifs is 3. The fourth-order valence-corrected chi connectivity index (χ4v) is 4.90. The summed E-state index contributed by atoms with van der Waals surface area (Å²) in [6, 6.07) is 17.6. The number of anilines is 1. The molecule has 1 aromatic heterocycles. The monoisotopic (exact) mass is 397 g/mol. The van der Waals surface area contributed by atoms with Crippen LogP contribution < -0.4 is 10.6 Å². The molecule has 2 N–H and O–H groups in total. The summed E-state index contributed by atoms with van der Waals surface area (Å²) < 4.78 is 0. The third-order valence-corrected chi connectivity index (χ3v) is 6.30. The lowest BCUT2D eigenvalue weighted by Gasteiger charge is -2.26. The summed E-state index contributed by atoms with van der Waals surface area (Å²) >= 11 is 0. The van der Waals surface area contributed by atoms with Gasteiger partial charge in [0.05, 0.1) is 11.8 Å². The molecule has 1 heterocycles. The molecule has 2 aliphatic rings. The fourth-order valence-electron chi connectivity index (χ4n) is 4.90. The molecule has 0 radical (unpaired) electrons. The number of carbonyl (C=O) groups excluding carboxylic acids is 2. The normalized spacial score (nSPS) is 24.1. The van der Waals surface area contributed by atoms with Crippen molar-refractivity contribution < 1.29 is 9.59 Å². The van der Waals surface area contributed by atoms with Crippen LogP contribution in [0.4, 0.5) is 5.69 Å². The zero-order chi connectivity index (χ0) is 20.5. The number of allylic oxidation sites excluding steroid dienone is 2. The first-order chi connectivity index (χ1) is 14.7. The molecular weight excluding hydrogens is 374 g/mol. The second-order valence-electron chi connectivity index (χ2n) is 8.09. The molecule has 5 nitrogen and oxygen atoms in total. The van der Waals surface area contributed by atoms with Gasteiger partial charge in [-0.25, -0.2) is 0 Å². The third kappa shape index (κ3) is 3.36. The van der Waals surface area contributed by atoms with Gasteiger partial charge >= 0.3 is 0 Å². The molecule has 5 heteroatoms. The Morgan fingerprint density at radius 3 is 2.47 bits per heavy atom. The Labute approximate surface area is 175 Å². The molecule has 0 saturated heterocycles. The molecule has 0 aliphatic heterocycles. The number of hydrogen-bond donors (Lipinski definition) is 2. The minimum atomic E-state index is -0.354. The van der Waals surface area contributed by atoms with Gasteiger partial charge in [0, 0.05) is 30.0 Å². The van der Waals surface area contributed by atoms with Crippen LogP contribution in [0.1, 0.15) is 12.0 Å². The predicted molar refractivity (Wildman–Crippen MR) is 116 cm³/mol. The molecular formula is C25H23N3O2. The summed E-state index contributed by atoms with van der Waals surface area (Å²) in [7, 11) is 0. The van der Waals surface area contributed by atoms with E-state index in [0.717, 1.165) is 28.4 Å². The number of carbonyl (C=O) groups is 2. The second-order valence-corrected chi connectivity index (χ2v) is 8.09. The highest BCUT2D eigenvalue weighted by Crippen LogP contribution is 2.48. The SMILES string of the molecule is O=C(NCc1cccnc1)[C@@H]1[C@@H](C(=O)Nc2cccc3ccccc23)[C@@H]2C=C[C@@H]1C2. The van der Waals surface area contributed by atoms with Crippen molar-refractivity contribution in [1.29, 1.82) is 0 Å². The van der Waals surface area contributed by atoms with Gasteiger partial charge in [0.2, 0.25) is 11.8 Å². The first-order valence-electron chi connectivity index (χ1n) is 10.3. The van der Waals surface area contributed by atoms with Gasteiger partial charge in [0.1, 0.15) is 0 Å². The van der Waals surface area contributed by atoms with Crippen LogP contribution in [0.2, 0.25) is 0 Å². The minimum Gasteiger partial charge on any atom is -0.352 e. The van der Waals surface area contributed by atoms with Gasteiger partial charge in [-0.15, -0.1) is 0 Å². The summed E-state index contributed by atoms with van der Waals surface area (Å²) in [6.45, 7) is 0.419. The van der Waals surface area contributed by atoms with Crippen LogP contribution >= 0.6 is 0 Å². The lowest BCUT2D eigenvalue weighted by molar-refractivity contribution is -0.133. The lowest BCUT2D eigenvalue weighted by atomic mass is 9.81. The maximum atomic E-state index is 13.3. The summed E-state index contributed by atoms with van der Waals surface area (Å²) in [5.41, 5.74) is 1.74. The molecule has 2 amide bonds. The number of aromatic nitrogens is 1. The van der Waals surface area contributed by atoms with Crippen LogP contribution in [0.5, 0.6) is 0 Å². The molecule has 0 unspecified atom stereocenters. The van der Waals surface area contributed by atoms with E-state index in [4.69, 9.17) is 0 Å². The van der Waals surface area contributed by atoms with Gasteiger partial charge in [-0.05, 0) is 41.3 Å². The zero-order valence-electron chi connectivity index (χ0n) is 16.5. The van der Waals surface area contributed by atoms with Crippen molar-refractivity contribution in [3.8, 4) is 0 Å². The number of benzene rings is 2. The van der Waals surface area contributed by atoms with Crippen molar-refractivity contribution in [2.75, 3.05) is 5.32 Å². The van der Waals surface area contributed by atoms with Crippen molar-refractivity contribution in [2.24, 2.45) is 23.7 Å². The molecule has 2 aromatic carbocycles. The quantitative estimate of drug-likeness (QED) is 0.641. The highest BCUT2D eigenvalue weighted by Gasteiger charge is 2.51. The molecule has 4 atom stereocenters. The third-order valence-electron chi connectivity index (χ3n) is 6.30. The zero-order valence-corrected chi connectivity index (χ0v) is 16.5. The second kappa shape index (κ2) is 7.75. The Morgan fingerprint density at radius 2 is 1.67 bits per heavy atom. The van der Waals surface area contributed by atoms with Crippen molar-refractivity contribution in [1.82, 2.24) is 10.3 Å². The van der Waals surface area contributed by atoms with E-state index in [1.807, 2.05) is 54.6 Å². The van der Waals surface area contributed by atoms with Gasteiger partial charge in [0.15, 0.2) is 0 Å². The molecule has 150 valence electrons. The Kier molecular flexibility index (Phi) is 4.79. The highest BCUT2D eigenvalue weighted by atomic mass is 16.2. The Balaban J connectivity index is 1.35. The molecule has 2 aliphatic carbocycles. The van der Waals surface area contributed by atoms with Crippen molar-refractivity contribution in [2.45, 2.75) is 13.0 Å². The van der Waals surface area contributed by atoms with E-state index in [0.29, 0.717) is 6.54 Å². The molecule has 3 aromatic rings. The molecule has 5 rings (SSSR count). The number of rotatable bonds is 5. The molecule has 2 bridgehead atoms. The lowest BCUT2D eigenvalue weighted by Crippen LogP contribution is -2.41. The molecule has 0 spiro atoms. The first kappa shape index (κ1) is 18.6. The van der Waals surface area contributed by atoms with Crippen LogP contribution in [0.3, 0.4) is 0 Å². The van der Waals surface area contributed by atoms with Gasteiger partial charge in [-0.2, -0.15) is 0 Å². The fraction of sp³-hybridized carbons (Fsp3) is 0.240. The standard InChI is InChI=1S/C25H23N3O2/c29-24(27-15-16-5-4-12-26-14-16)22-18-10-11-19(13-18)23(22)25(30)28-21-9-3-7-17-6-1-2-8-20(17)21/h1-12,14,18-19,22-23H,13,15H2,(H,27,29)(H,28,30)/t18-,19-,22+,23+/m1/s1. The average Bonchev–Trinajstić information content (AvgIpc) is 3.40. The number of pyridine rings is 1. The van der Waals surface area contributed by atoms with E-state index >= 15 is 0 Å². The average molecular weight is 397 g/mol. The van der Waals surface area contributed by atoms with Gasteiger partial charge in [0.25, 0.3) is 0 Å². The number of hydrogen-bond acceptors (Lipinski definition) is 3. The number of nitrogens with zero attached hydrogens (tertiary/aromatic N) is 1. The largest absolute Gasteiger partial charge is 0.352 e. The van der Waals surface area contributed by atoms with E-state index in [1.165, 1.54) is 0 Å². The predicted octanol–water partition coefficient (Wildman–Crippen LogP) is 3.93. The van der Waals surface area contributed by atoms with Crippen molar-refractivity contribution in [3.63, 3.8) is 0 Å². The van der Waals surface area contributed by atoms with E-state index < -0.39 is 0 Å². The van der Waals surface area contributed by atoms with Crippen LogP contribution in [-0.2, 0) is 16.1 Å². The highest BCUT2D eigenvalue weighted by molar-refractivity contribution is 6.04. The molecule has 30 heavy (non-hydrogen) atoms. The van der Waals surface area contributed by atoms with Gasteiger partial charge < -0.3 is 10.6 Å². The van der Waals surface area contributed by atoms with Crippen LogP contribution in [0, 0.1) is 23.7 Å². The van der Waals surface area contributed by atoms with Crippen molar-refractivity contribution in [3.05, 3.63) is 84.7 Å². The van der Waals surface area contributed by atoms with Crippen LogP contribution in [-0.4, -0.2) is 16.8 Å². The van der Waals surface area contributed by atoms with Crippen molar-refractivity contribution >= 4 is 28.3 Å². The Bertz CT molecular complexity index is 1120. The van der Waals surface area contributed by atoms with Gasteiger partial charge in [-0.3, -0.25) is 14.6 Å². The summed E-state index contributed by atoms with van der Waals surface area (Å²) in [5.74, 6) is -0.607. The van der Waals surface area contributed by atoms with Crippen LogP contribution in [0.15, 0.2) is 79.1 Å². The van der Waals surface area contributed by atoms with E-state index in [1.54, 1.807) is 12.4 Å². The Hall–Kier alpha value is -3.47. The summed E-state index contributed by atoms with van der Waals surface area (Å²) in [4.78, 5) is 30.4. The molecule has 1 saturated carbocycles. The summed E-state index contributed by atoms with van der Waals surface area (Å²) in [6.07, 6.45) is 8.51. The maximum Gasteiger partial charge on any atom is 0.228 e. The van der Waals surface area contributed by atoms with Gasteiger partial charge in [-0.1, -0.05) is 54.6 Å². The van der Waals surface area contributed by atoms with E-state index in [2.05, 4.69) is 27.8 Å². The van der Waals surface area contributed by atoms with Crippen LogP contribution in [0.25, 0.3) is 10.8 Å². The molecule has 1 fully saturated rings. The smallest absolute Gasteiger partial charge is 0.228 e. The minimum absolute atomic E-state index is 0.0613. The first-order valence-corrected chi connectivity index (χ1v) is 10.3. The summed E-state index contributed by atoms with van der Waals surface area (Å²) in [5, 5.41) is 8.20. The Morgan fingerprint density at radius 1 is 0.900 bits per heavy atom.